The minimum Gasteiger partial charge on any atom is -0.381 e. The SMILES string of the molecule is CCC(C)Nc1ccsc1C(F)(F)F. The molecule has 1 unspecified atom stereocenters. The first-order valence-electron chi connectivity index (χ1n) is 4.36. The van der Waals surface area contributed by atoms with E-state index in [-0.39, 0.29) is 11.7 Å². The van der Waals surface area contributed by atoms with Crippen molar-refractivity contribution in [1.29, 1.82) is 0 Å². The van der Waals surface area contributed by atoms with E-state index in [0.717, 1.165) is 17.8 Å². The van der Waals surface area contributed by atoms with Crippen molar-refractivity contribution in [3.63, 3.8) is 0 Å². The van der Waals surface area contributed by atoms with E-state index in [2.05, 4.69) is 5.32 Å². The van der Waals surface area contributed by atoms with Gasteiger partial charge < -0.3 is 5.32 Å². The molecule has 1 heterocycles. The van der Waals surface area contributed by atoms with Gasteiger partial charge in [0.1, 0.15) is 4.88 Å². The molecule has 0 spiro atoms. The van der Waals surface area contributed by atoms with Gasteiger partial charge >= 0.3 is 6.18 Å². The number of rotatable bonds is 3. The summed E-state index contributed by atoms with van der Waals surface area (Å²) in [5, 5.41) is 4.29. The van der Waals surface area contributed by atoms with E-state index in [0.29, 0.717) is 0 Å². The maximum atomic E-state index is 12.4. The van der Waals surface area contributed by atoms with Crippen LogP contribution in [0.4, 0.5) is 18.9 Å². The van der Waals surface area contributed by atoms with E-state index >= 15 is 0 Å². The van der Waals surface area contributed by atoms with Crippen molar-refractivity contribution >= 4 is 17.0 Å². The lowest BCUT2D eigenvalue weighted by Crippen LogP contribution is -2.16. The summed E-state index contributed by atoms with van der Waals surface area (Å²) in [4.78, 5) is -0.544. The van der Waals surface area contributed by atoms with Crippen molar-refractivity contribution in [3.05, 3.63) is 16.3 Å². The third-order valence-corrected chi connectivity index (χ3v) is 2.90. The Morgan fingerprint density at radius 1 is 1.50 bits per heavy atom. The van der Waals surface area contributed by atoms with Gasteiger partial charge in [0.2, 0.25) is 0 Å². The lowest BCUT2D eigenvalue weighted by molar-refractivity contribution is -0.133. The molecule has 1 aromatic rings. The monoisotopic (exact) mass is 223 g/mol. The number of alkyl halides is 3. The minimum atomic E-state index is -4.25. The van der Waals surface area contributed by atoms with Crippen LogP contribution in [-0.2, 0) is 6.18 Å². The second-order valence-corrected chi connectivity index (χ2v) is 4.03. The molecule has 0 saturated heterocycles. The van der Waals surface area contributed by atoms with Crippen LogP contribution in [0, 0.1) is 0 Å². The van der Waals surface area contributed by atoms with E-state index < -0.39 is 11.1 Å². The van der Waals surface area contributed by atoms with Crippen molar-refractivity contribution in [1.82, 2.24) is 0 Å². The number of thiophene rings is 1. The molecule has 0 aliphatic heterocycles. The fourth-order valence-electron chi connectivity index (χ4n) is 1.01. The molecule has 1 nitrogen and oxygen atoms in total. The second-order valence-electron chi connectivity index (χ2n) is 3.11. The minimum absolute atomic E-state index is 0.0608. The molecule has 1 atom stereocenters. The van der Waals surface area contributed by atoms with Crippen LogP contribution in [0.1, 0.15) is 25.1 Å². The van der Waals surface area contributed by atoms with E-state index in [1.165, 1.54) is 11.4 Å². The summed E-state index contributed by atoms with van der Waals surface area (Å²) in [5.41, 5.74) is 0.192. The molecule has 0 radical (unpaired) electrons. The first-order valence-corrected chi connectivity index (χ1v) is 5.24. The molecule has 14 heavy (non-hydrogen) atoms. The summed E-state index contributed by atoms with van der Waals surface area (Å²) in [6, 6.07) is 1.53. The highest BCUT2D eigenvalue weighted by Crippen LogP contribution is 2.39. The zero-order valence-electron chi connectivity index (χ0n) is 7.98. The van der Waals surface area contributed by atoms with Gasteiger partial charge in [-0.3, -0.25) is 0 Å². The number of hydrogen-bond donors (Lipinski definition) is 1. The maximum absolute atomic E-state index is 12.4. The standard InChI is InChI=1S/C9H12F3NS/c1-3-6(2)13-7-4-5-14-8(7)9(10,11)12/h4-6,13H,3H2,1-2H3. The van der Waals surface area contributed by atoms with Crippen LogP contribution in [0.25, 0.3) is 0 Å². The van der Waals surface area contributed by atoms with Gasteiger partial charge in [-0.05, 0) is 24.8 Å². The average Bonchev–Trinajstić information content (AvgIpc) is 2.51. The topological polar surface area (TPSA) is 12.0 Å². The number of hydrogen-bond acceptors (Lipinski definition) is 2. The Morgan fingerprint density at radius 3 is 2.64 bits per heavy atom. The molecule has 0 saturated carbocycles. The van der Waals surface area contributed by atoms with Gasteiger partial charge in [-0.25, -0.2) is 0 Å². The van der Waals surface area contributed by atoms with Gasteiger partial charge in [0.05, 0.1) is 5.69 Å². The number of nitrogens with one attached hydrogen (secondary N) is 1. The van der Waals surface area contributed by atoms with Crippen molar-refractivity contribution < 1.29 is 13.2 Å². The summed E-state index contributed by atoms with van der Waals surface area (Å²) < 4.78 is 37.2. The van der Waals surface area contributed by atoms with Gasteiger partial charge in [0.15, 0.2) is 0 Å². The summed E-state index contributed by atoms with van der Waals surface area (Å²) >= 11 is 0.721. The van der Waals surface area contributed by atoms with E-state index in [1.807, 2.05) is 13.8 Å². The van der Waals surface area contributed by atoms with Crippen LogP contribution < -0.4 is 5.32 Å². The predicted molar refractivity (Wildman–Crippen MR) is 52.7 cm³/mol. The van der Waals surface area contributed by atoms with E-state index in [4.69, 9.17) is 0 Å². The largest absolute Gasteiger partial charge is 0.427 e. The lowest BCUT2D eigenvalue weighted by Gasteiger charge is -2.14. The zero-order valence-corrected chi connectivity index (χ0v) is 8.80. The van der Waals surface area contributed by atoms with Gasteiger partial charge in [0, 0.05) is 6.04 Å². The van der Waals surface area contributed by atoms with Gasteiger partial charge in [-0.2, -0.15) is 13.2 Å². The molecule has 1 N–H and O–H groups in total. The lowest BCUT2D eigenvalue weighted by atomic mass is 10.2. The highest BCUT2D eigenvalue weighted by Gasteiger charge is 2.35. The van der Waals surface area contributed by atoms with Gasteiger partial charge in [-0.15, -0.1) is 11.3 Å². The molecule has 80 valence electrons. The van der Waals surface area contributed by atoms with E-state index in [1.54, 1.807) is 0 Å². The highest BCUT2D eigenvalue weighted by atomic mass is 32.1. The summed E-state index contributed by atoms with van der Waals surface area (Å²) in [6.07, 6.45) is -3.45. The molecular weight excluding hydrogens is 211 g/mol. The summed E-state index contributed by atoms with van der Waals surface area (Å²) in [5.74, 6) is 0. The Hall–Kier alpha value is -0.710. The molecule has 0 fully saturated rings. The summed E-state index contributed by atoms with van der Waals surface area (Å²) in [6.45, 7) is 3.79. The molecule has 1 rings (SSSR count). The average molecular weight is 223 g/mol. The Balaban J connectivity index is 2.83. The van der Waals surface area contributed by atoms with Crippen molar-refractivity contribution in [2.24, 2.45) is 0 Å². The summed E-state index contributed by atoms with van der Waals surface area (Å²) in [7, 11) is 0. The first-order chi connectivity index (χ1) is 6.45. The smallest absolute Gasteiger partial charge is 0.381 e. The Morgan fingerprint density at radius 2 is 2.14 bits per heavy atom. The predicted octanol–water partition coefficient (Wildman–Crippen LogP) is 3.98. The quantitative estimate of drug-likeness (QED) is 0.817. The van der Waals surface area contributed by atoms with E-state index in [9.17, 15) is 13.2 Å². The first kappa shape index (κ1) is 11.4. The maximum Gasteiger partial charge on any atom is 0.427 e. The second kappa shape index (κ2) is 4.21. The zero-order chi connectivity index (χ0) is 10.8. The number of anilines is 1. The van der Waals surface area contributed by atoms with Crippen molar-refractivity contribution in [3.8, 4) is 0 Å². The van der Waals surface area contributed by atoms with Crippen LogP contribution in [0.15, 0.2) is 11.4 Å². The van der Waals surface area contributed by atoms with Gasteiger partial charge in [-0.1, -0.05) is 6.92 Å². The fraction of sp³-hybridized carbons (Fsp3) is 0.556. The van der Waals surface area contributed by atoms with Crippen molar-refractivity contribution in [2.45, 2.75) is 32.5 Å². The Bertz CT molecular complexity index is 292. The van der Waals surface area contributed by atoms with Gasteiger partial charge in [0.25, 0.3) is 0 Å². The van der Waals surface area contributed by atoms with Crippen LogP contribution in [0.3, 0.4) is 0 Å². The highest BCUT2D eigenvalue weighted by molar-refractivity contribution is 7.10. The fourth-order valence-corrected chi connectivity index (χ4v) is 1.74. The molecule has 0 aromatic carbocycles. The third-order valence-electron chi connectivity index (χ3n) is 1.94. The van der Waals surface area contributed by atoms with Crippen LogP contribution in [0.5, 0.6) is 0 Å². The molecular formula is C9H12F3NS. The number of halogens is 3. The normalized spacial score (nSPS) is 14.1. The molecule has 0 bridgehead atoms. The molecule has 1 aromatic heterocycles. The Labute approximate surface area is 84.9 Å². The molecule has 5 heteroatoms. The molecule has 0 amide bonds. The van der Waals surface area contributed by atoms with Crippen molar-refractivity contribution in [2.75, 3.05) is 5.32 Å². The third kappa shape index (κ3) is 2.64. The Kier molecular flexibility index (Phi) is 3.42. The van der Waals surface area contributed by atoms with Crippen LogP contribution in [0.2, 0.25) is 0 Å². The van der Waals surface area contributed by atoms with Crippen LogP contribution in [-0.4, -0.2) is 6.04 Å². The van der Waals surface area contributed by atoms with Crippen LogP contribution >= 0.6 is 11.3 Å². The molecule has 0 aliphatic rings. The molecule has 0 aliphatic carbocycles.